The zero-order valence-electron chi connectivity index (χ0n) is 12.3. The van der Waals surface area contributed by atoms with E-state index in [2.05, 4.69) is 14.8 Å². The number of hydrogen-bond acceptors (Lipinski definition) is 5. The molecule has 6 heteroatoms. The van der Waals surface area contributed by atoms with Gasteiger partial charge in [0.2, 0.25) is 0 Å². The van der Waals surface area contributed by atoms with Crippen LogP contribution in [-0.2, 0) is 0 Å². The van der Waals surface area contributed by atoms with Crippen molar-refractivity contribution in [2.75, 3.05) is 44.2 Å². The van der Waals surface area contributed by atoms with Crippen molar-refractivity contribution in [2.45, 2.75) is 26.3 Å². The number of aliphatic hydroxyl groups is 1. The first-order chi connectivity index (χ1) is 9.63. The Morgan fingerprint density at radius 3 is 2.80 bits per heavy atom. The number of nitrogens with zero attached hydrogens (tertiary/aromatic N) is 4. The lowest BCUT2D eigenvalue weighted by atomic mass is 10.3. The standard InChI is InChI=1S/C14H24N4O2/c1-12(2)18-7-4-15-13(14(18)20)17-6-3-5-16(8-9-17)10-11-19/h4,7,12,19H,3,5-6,8-11H2,1-2H3. The van der Waals surface area contributed by atoms with E-state index in [1.807, 2.05) is 13.8 Å². The summed E-state index contributed by atoms with van der Waals surface area (Å²) in [6.07, 6.45) is 4.43. The van der Waals surface area contributed by atoms with Crippen LogP contribution in [0.25, 0.3) is 0 Å². The highest BCUT2D eigenvalue weighted by Crippen LogP contribution is 2.10. The molecule has 1 aromatic rings. The van der Waals surface area contributed by atoms with Crippen LogP contribution in [0.1, 0.15) is 26.3 Å². The smallest absolute Gasteiger partial charge is 0.293 e. The molecule has 0 bridgehead atoms. The van der Waals surface area contributed by atoms with Gasteiger partial charge in [0.25, 0.3) is 5.56 Å². The van der Waals surface area contributed by atoms with E-state index in [0.717, 1.165) is 32.6 Å². The number of aromatic nitrogens is 2. The molecule has 1 aliphatic rings. The van der Waals surface area contributed by atoms with E-state index >= 15 is 0 Å². The normalized spacial score (nSPS) is 17.5. The molecule has 1 aromatic heterocycles. The van der Waals surface area contributed by atoms with Crippen molar-refractivity contribution < 1.29 is 5.11 Å². The molecule has 20 heavy (non-hydrogen) atoms. The van der Waals surface area contributed by atoms with Crippen LogP contribution in [0.5, 0.6) is 0 Å². The maximum Gasteiger partial charge on any atom is 0.293 e. The third kappa shape index (κ3) is 3.37. The van der Waals surface area contributed by atoms with Crippen LogP contribution in [0.3, 0.4) is 0 Å². The van der Waals surface area contributed by atoms with E-state index in [-0.39, 0.29) is 18.2 Å². The first-order valence-electron chi connectivity index (χ1n) is 7.28. The average molecular weight is 280 g/mol. The summed E-state index contributed by atoms with van der Waals surface area (Å²) in [5.41, 5.74) is -0.0156. The van der Waals surface area contributed by atoms with Crippen LogP contribution in [0.4, 0.5) is 5.82 Å². The third-order valence-corrected chi connectivity index (χ3v) is 3.71. The highest BCUT2D eigenvalue weighted by molar-refractivity contribution is 5.36. The van der Waals surface area contributed by atoms with Gasteiger partial charge < -0.3 is 14.6 Å². The fraction of sp³-hybridized carbons (Fsp3) is 0.714. The Morgan fingerprint density at radius 1 is 1.30 bits per heavy atom. The molecule has 2 rings (SSSR count). The predicted octanol–water partition coefficient (Wildman–Crippen LogP) is 0.329. The minimum atomic E-state index is -0.0156. The van der Waals surface area contributed by atoms with Gasteiger partial charge in [0.05, 0.1) is 6.61 Å². The Hall–Kier alpha value is -1.40. The Kier molecular flexibility index (Phi) is 5.14. The fourth-order valence-corrected chi connectivity index (χ4v) is 2.59. The van der Waals surface area contributed by atoms with Gasteiger partial charge in [0, 0.05) is 44.6 Å². The van der Waals surface area contributed by atoms with Crippen molar-refractivity contribution >= 4 is 5.82 Å². The molecular formula is C14H24N4O2. The zero-order valence-corrected chi connectivity index (χ0v) is 12.3. The van der Waals surface area contributed by atoms with Gasteiger partial charge in [-0.3, -0.25) is 9.69 Å². The second-order valence-electron chi connectivity index (χ2n) is 5.46. The lowest BCUT2D eigenvalue weighted by Gasteiger charge is -2.22. The molecule has 0 saturated carbocycles. The third-order valence-electron chi connectivity index (χ3n) is 3.71. The monoisotopic (exact) mass is 280 g/mol. The first-order valence-corrected chi connectivity index (χ1v) is 7.28. The van der Waals surface area contributed by atoms with Crippen LogP contribution < -0.4 is 10.5 Å². The molecule has 1 aliphatic heterocycles. The van der Waals surface area contributed by atoms with Crippen molar-refractivity contribution in [3.63, 3.8) is 0 Å². The number of anilines is 1. The molecule has 0 radical (unpaired) electrons. The van der Waals surface area contributed by atoms with Gasteiger partial charge in [-0.05, 0) is 26.8 Å². The molecule has 2 heterocycles. The number of β-amino-alcohol motifs (C(OH)–C–C–N with tert-alkyl or cyclic N) is 1. The molecule has 0 aromatic carbocycles. The summed E-state index contributed by atoms with van der Waals surface area (Å²) in [7, 11) is 0. The van der Waals surface area contributed by atoms with Crippen LogP contribution in [0.15, 0.2) is 17.2 Å². The van der Waals surface area contributed by atoms with Crippen LogP contribution in [0.2, 0.25) is 0 Å². The van der Waals surface area contributed by atoms with Crippen LogP contribution in [0, 0.1) is 0 Å². The Morgan fingerprint density at radius 2 is 2.10 bits per heavy atom. The summed E-state index contributed by atoms with van der Waals surface area (Å²) in [5.74, 6) is 0.548. The van der Waals surface area contributed by atoms with E-state index in [4.69, 9.17) is 5.11 Å². The van der Waals surface area contributed by atoms with E-state index in [1.165, 1.54) is 0 Å². The van der Waals surface area contributed by atoms with Crippen molar-refractivity contribution in [3.8, 4) is 0 Å². The van der Waals surface area contributed by atoms with Crippen LogP contribution >= 0.6 is 0 Å². The molecule has 0 atom stereocenters. The van der Waals surface area contributed by atoms with Gasteiger partial charge in [-0.25, -0.2) is 4.98 Å². The molecule has 6 nitrogen and oxygen atoms in total. The Labute approximate surface area is 119 Å². The summed E-state index contributed by atoms with van der Waals surface area (Å²) < 4.78 is 1.72. The van der Waals surface area contributed by atoms with Gasteiger partial charge in [-0.15, -0.1) is 0 Å². The summed E-state index contributed by atoms with van der Waals surface area (Å²) >= 11 is 0. The highest BCUT2D eigenvalue weighted by Gasteiger charge is 2.19. The molecule has 0 unspecified atom stereocenters. The first kappa shape index (κ1) is 15.0. The summed E-state index contributed by atoms with van der Waals surface area (Å²) in [6, 6.07) is 0.141. The zero-order chi connectivity index (χ0) is 14.5. The van der Waals surface area contributed by atoms with Gasteiger partial charge in [-0.2, -0.15) is 0 Å². The second kappa shape index (κ2) is 6.85. The minimum Gasteiger partial charge on any atom is -0.395 e. The largest absolute Gasteiger partial charge is 0.395 e. The van der Waals surface area contributed by atoms with Gasteiger partial charge in [-0.1, -0.05) is 0 Å². The van der Waals surface area contributed by atoms with Crippen molar-refractivity contribution in [1.82, 2.24) is 14.5 Å². The molecule has 112 valence electrons. The van der Waals surface area contributed by atoms with Crippen LogP contribution in [-0.4, -0.2) is 58.9 Å². The van der Waals surface area contributed by atoms with E-state index in [9.17, 15) is 4.79 Å². The maximum atomic E-state index is 12.4. The molecular weight excluding hydrogens is 256 g/mol. The van der Waals surface area contributed by atoms with E-state index in [0.29, 0.717) is 12.4 Å². The summed E-state index contributed by atoms with van der Waals surface area (Å²) in [4.78, 5) is 21.0. The molecule has 1 saturated heterocycles. The number of rotatable bonds is 4. The topological polar surface area (TPSA) is 61.6 Å². The minimum absolute atomic E-state index is 0.0156. The van der Waals surface area contributed by atoms with Crippen molar-refractivity contribution in [3.05, 3.63) is 22.7 Å². The Bertz CT molecular complexity index is 486. The lowest BCUT2D eigenvalue weighted by molar-refractivity contribution is 0.204. The molecule has 0 amide bonds. The van der Waals surface area contributed by atoms with Gasteiger partial charge >= 0.3 is 0 Å². The molecule has 0 aliphatic carbocycles. The highest BCUT2D eigenvalue weighted by atomic mass is 16.3. The maximum absolute atomic E-state index is 12.4. The predicted molar refractivity (Wildman–Crippen MR) is 79.2 cm³/mol. The summed E-state index contributed by atoms with van der Waals surface area (Å²) in [5, 5.41) is 9.01. The lowest BCUT2D eigenvalue weighted by Crippen LogP contribution is -2.37. The number of hydrogen-bond donors (Lipinski definition) is 1. The Balaban J connectivity index is 2.16. The molecule has 0 spiro atoms. The van der Waals surface area contributed by atoms with E-state index in [1.54, 1.807) is 17.0 Å². The van der Waals surface area contributed by atoms with E-state index < -0.39 is 0 Å². The second-order valence-corrected chi connectivity index (χ2v) is 5.46. The number of aliphatic hydroxyl groups excluding tert-OH is 1. The summed E-state index contributed by atoms with van der Waals surface area (Å²) in [6.45, 7) is 8.32. The van der Waals surface area contributed by atoms with Crippen molar-refractivity contribution in [2.24, 2.45) is 0 Å². The molecule has 1 fully saturated rings. The van der Waals surface area contributed by atoms with Gasteiger partial charge in [0.15, 0.2) is 5.82 Å². The SMILES string of the molecule is CC(C)n1ccnc(N2CCCN(CCO)CC2)c1=O. The fourth-order valence-electron chi connectivity index (χ4n) is 2.59. The molecule has 1 N–H and O–H groups in total. The average Bonchev–Trinajstić information content (AvgIpc) is 2.65. The quantitative estimate of drug-likeness (QED) is 0.861. The van der Waals surface area contributed by atoms with Crippen molar-refractivity contribution in [1.29, 1.82) is 0 Å². The van der Waals surface area contributed by atoms with Gasteiger partial charge in [0.1, 0.15) is 0 Å².